The monoisotopic (exact) mass is 526 g/mol. The molecule has 13 heteroatoms. The summed E-state index contributed by atoms with van der Waals surface area (Å²) in [5.41, 5.74) is 9.47. The summed E-state index contributed by atoms with van der Waals surface area (Å²) in [6.07, 6.45) is 5.95. The van der Waals surface area contributed by atoms with Gasteiger partial charge in [-0.2, -0.15) is 0 Å². The van der Waals surface area contributed by atoms with E-state index in [9.17, 15) is 0 Å². The molecular formula is C22H17Cl3N10. The smallest absolute Gasteiger partial charge is 0.182 e. The van der Waals surface area contributed by atoms with Gasteiger partial charge in [-0.05, 0) is 24.3 Å². The SMILES string of the molecule is Clc1ccccc1Nc1ncnc2nc[nH]c12.Clc1ncnc2nc[nH]c12.Nc1ccccc1Cl. The van der Waals surface area contributed by atoms with Gasteiger partial charge in [-0.25, -0.2) is 29.9 Å². The van der Waals surface area contributed by atoms with Gasteiger partial charge in [0.2, 0.25) is 0 Å². The van der Waals surface area contributed by atoms with Gasteiger partial charge in [-0.15, -0.1) is 0 Å². The summed E-state index contributed by atoms with van der Waals surface area (Å²) in [6.45, 7) is 0. The number of para-hydroxylation sites is 2. The third kappa shape index (κ3) is 6.12. The van der Waals surface area contributed by atoms with Crippen LogP contribution in [0.4, 0.5) is 17.2 Å². The summed E-state index contributed by atoms with van der Waals surface area (Å²) in [4.78, 5) is 29.6. The standard InChI is InChI=1S/C11H8ClN5.C6H6ClN.C5H3ClN4/c12-7-3-1-2-4-8(7)17-11-9-10(14-5-13-9)15-6-16-11;7-5-3-1-2-4-6(5)8;6-4-3-5(9-1-7-3)10-2-8-4/h1-6H,(H2,13,14,15,16,17);1-4H,8H2;1-2H,(H,7,8,9,10). The third-order valence-electron chi connectivity index (χ3n) is 4.43. The average Bonchev–Trinajstić information content (AvgIpc) is 3.54. The predicted molar refractivity (Wildman–Crippen MR) is 139 cm³/mol. The van der Waals surface area contributed by atoms with Gasteiger partial charge in [0.05, 0.1) is 34.1 Å². The van der Waals surface area contributed by atoms with E-state index in [1.54, 1.807) is 18.5 Å². The van der Waals surface area contributed by atoms with Crippen molar-refractivity contribution in [2.75, 3.05) is 11.1 Å². The van der Waals surface area contributed by atoms with Crippen molar-refractivity contribution in [3.63, 3.8) is 0 Å². The maximum absolute atomic E-state index is 6.07. The van der Waals surface area contributed by atoms with E-state index in [1.165, 1.54) is 19.0 Å². The number of rotatable bonds is 2. The summed E-state index contributed by atoms with van der Waals surface area (Å²) in [5.74, 6) is 0.653. The summed E-state index contributed by atoms with van der Waals surface area (Å²) in [5, 5.41) is 4.81. The molecule has 0 spiro atoms. The number of aromatic amines is 2. The Morgan fingerprint density at radius 1 is 0.657 bits per heavy atom. The second kappa shape index (κ2) is 11.4. The largest absolute Gasteiger partial charge is 0.398 e. The molecule has 6 aromatic rings. The summed E-state index contributed by atoms with van der Waals surface area (Å²) < 4.78 is 0. The molecular weight excluding hydrogens is 511 g/mol. The van der Waals surface area contributed by atoms with Gasteiger partial charge in [-0.3, -0.25) is 0 Å². The van der Waals surface area contributed by atoms with Gasteiger partial charge >= 0.3 is 0 Å². The molecule has 4 heterocycles. The van der Waals surface area contributed by atoms with Crippen LogP contribution in [-0.2, 0) is 0 Å². The first-order valence-electron chi connectivity index (χ1n) is 9.98. The Bertz CT molecular complexity index is 1530. The number of hydrogen-bond acceptors (Lipinski definition) is 8. The Morgan fingerprint density at radius 2 is 1.26 bits per heavy atom. The number of anilines is 3. The fraction of sp³-hybridized carbons (Fsp3) is 0. The van der Waals surface area contributed by atoms with Crippen molar-refractivity contribution in [2.45, 2.75) is 0 Å². The Balaban J connectivity index is 0.000000136. The normalized spacial score (nSPS) is 10.3. The van der Waals surface area contributed by atoms with Crippen LogP contribution in [0.1, 0.15) is 0 Å². The molecule has 0 aliphatic heterocycles. The van der Waals surface area contributed by atoms with Crippen LogP contribution in [-0.4, -0.2) is 39.9 Å². The highest BCUT2D eigenvalue weighted by molar-refractivity contribution is 6.34. The Morgan fingerprint density at radius 3 is 1.89 bits per heavy atom. The third-order valence-corrected chi connectivity index (χ3v) is 5.39. The minimum absolute atomic E-state index is 0.405. The van der Waals surface area contributed by atoms with E-state index in [-0.39, 0.29) is 0 Å². The minimum atomic E-state index is 0.405. The van der Waals surface area contributed by atoms with Crippen molar-refractivity contribution < 1.29 is 0 Å². The molecule has 0 aliphatic rings. The fourth-order valence-corrected chi connectivity index (χ4v) is 3.26. The molecule has 0 aliphatic carbocycles. The first-order chi connectivity index (χ1) is 17.0. The number of H-pyrrole nitrogens is 2. The van der Waals surface area contributed by atoms with E-state index < -0.39 is 0 Å². The second-order valence-electron chi connectivity index (χ2n) is 6.72. The fourth-order valence-electron chi connectivity index (χ4n) is 2.76. The van der Waals surface area contributed by atoms with Crippen LogP contribution in [0, 0.1) is 0 Å². The summed E-state index contributed by atoms with van der Waals surface area (Å²) in [6, 6.07) is 14.7. The Labute approximate surface area is 214 Å². The number of hydrogen-bond donors (Lipinski definition) is 4. The number of nitrogen functional groups attached to an aromatic ring is 1. The van der Waals surface area contributed by atoms with Crippen molar-refractivity contribution in [3.8, 4) is 0 Å². The molecule has 35 heavy (non-hydrogen) atoms. The zero-order valence-electron chi connectivity index (χ0n) is 17.8. The van der Waals surface area contributed by atoms with Crippen LogP contribution in [0.2, 0.25) is 15.2 Å². The van der Waals surface area contributed by atoms with E-state index in [2.05, 4.69) is 45.2 Å². The molecule has 6 rings (SSSR count). The van der Waals surface area contributed by atoms with Crippen LogP contribution >= 0.6 is 34.8 Å². The van der Waals surface area contributed by atoms with Gasteiger partial charge in [0.15, 0.2) is 22.3 Å². The highest BCUT2D eigenvalue weighted by Crippen LogP contribution is 2.26. The average molecular weight is 528 g/mol. The highest BCUT2D eigenvalue weighted by Gasteiger charge is 2.07. The van der Waals surface area contributed by atoms with Gasteiger partial charge in [-0.1, -0.05) is 59.1 Å². The number of nitrogens with zero attached hydrogens (tertiary/aromatic N) is 6. The summed E-state index contributed by atoms with van der Waals surface area (Å²) in [7, 11) is 0. The molecule has 0 amide bonds. The first-order valence-corrected chi connectivity index (χ1v) is 11.1. The molecule has 0 bridgehead atoms. The van der Waals surface area contributed by atoms with Gasteiger partial charge in [0.1, 0.15) is 23.7 Å². The van der Waals surface area contributed by atoms with Crippen LogP contribution < -0.4 is 11.1 Å². The summed E-state index contributed by atoms with van der Waals surface area (Å²) >= 11 is 17.3. The molecule has 0 radical (unpaired) electrons. The number of fused-ring (bicyclic) bond motifs is 2. The van der Waals surface area contributed by atoms with Crippen molar-refractivity contribution in [1.82, 2.24) is 39.9 Å². The lowest BCUT2D eigenvalue weighted by Crippen LogP contribution is -1.96. The van der Waals surface area contributed by atoms with Crippen LogP contribution in [0.3, 0.4) is 0 Å². The van der Waals surface area contributed by atoms with E-state index in [0.29, 0.717) is 43.5 Å². The topological polar surface area (TPSA) is 147 Å². The van der Waals surface area contributed by atoms with Crippen molar-refractivity contribution in [2.24, 2.45) is 0 Å². The van der Waals surface area contributed by atoms with Crippen molar-refractivity contribution in [1.29, 1.82) is 0 Å². The van der Waals surface area contributed by atoms with E-state index in [1.807, 2.05) is 36.4 Å². The number of nitrogens with one attached hydrogen (secondary N) is 3. The molecule has 0 atom stereocenters. The molecule has 4 aromatic heterocycles. The van der Waals surface area contributed by atoms with Gasteiger partial charge < -0.3 is 21.0 Å². The highest BCUT2D eigenvalue weighted by atomic mass is 35.5. The molecule has 5 N–H and O–H groups in total. The van der Waals surface area contributed by atoms with Crippen molar-refractivity contribution >= 4 is 74.3 Å². The molecule has 0 saturated heterocycles. The van der Waals surface area contributed by atoms with Crippen LogP contribution in [0.15, 0.2) is 73.8 Å². The number of nitrogens with two attached hydrogens (primary N) is 1. The number of halogens is 3. The second-order valence-corrected chi connectivity index (χ2v) is 7.89. The number of imidazole rings is 2. The molecule has 10 nitrogen and oxygen atoms in total. The van der Waals surface area contributed by atoms with E-state index in [4.69, 9.17) is 40.5 Å². The molecule has 2 aromatic carbocycles. The van der Waals surface area contributed by atoms with E-state index in [0.717, 1.165) is 11.2 Å². The zero-order chi connectivity index (χ0) is 24.6. The lowest BCUT2D eigenvalue weighted by atomic mass is 10.3. The first kappa shape index (κ1) is 24.1. The lowest BCUT2D eigenvalue weighted by Gasteiger charge is -2.07. The molecule has 0 unspecified atom stereocenters. The predicted octanol–water partition coefficient (Wildman–Crippen LogP) is 5.68. The van der Waals surface area contributed by atoms with Crippen LogP contribution in [0.5, 0.6) is 0 Å². The maximum atomic E-state index is 6.07. The van der Waals surface area contributed by atoms with Crippen LogP contribution in [0.25, 0.3) is 22.3 Å². The van der Waals surface area contributed by atoms with Gasteiger partial charge in [0.25, 0.3) is 0 Å². The molecule has 0 saturated carbocycles. The zero-order valence-corrected chi connectivity index (χ0v) is 20.1. The lowest BCUT2D eigenvalue weighted by molar-refractivity contribution is 1.20. The minimum Gasteiger partial charge on any atom is -0.398 e. The van der Waals surface area contributed by atoms with Gasteiger partial charge in [0, 0.05) is 0 Å². The number of benzene rings is 2. The number of aromatic nitrogens is 8. The Kier molecular flexibility index (Phi) is 7.88. The maximum Gasteiger partial charge on any atom is 0.182 e. The van der Waals surface area contributed by atoms with Crippen molar-refractivity contribution in [3.05, 3.63) is 89.0 Å². The molecule has 176 valence electrons. The quantitative estimate of drug-likeness (QED) is 0.166. The Hall–Kier alpha value is -3.99. The molecule has 0 fully saturated rings. The van der Waals surface area contributed by atoms with E-state index >= 15 is 0 Å².